The molecule has 0 atom stereocenters. The lowest BCUT2D eigenvalue weighted by Crippen LogP contribution is -2.19. The van der Waals surface area contributed by atoms with Crippen LogP contribution >= 0.6 is 15.9 Å². The second-order valence-corrected chi connectivity index (χ2v) is 3.43. The van der Waals surface area contributed by atoms with E-state index < -0.39 is 12.2 Å². The minimum absolute atomic E-state index is 0.0504. The van der Waals surface area contributed by atoms with Crippen molar-refractivity contribution in [2.24, 2.45) is 5.73 Å². The van der Waals surface area contributed by atoms with E-state index in [1.807, 2.05) is 0 Å². The first-order chi connectivity index (χ1) is 6.83. The minimum atomic E-state index is -4.80. The Bertz CT molecular complexity index is 369. The Morgan fingerprint density at radius 3 is 2.53 bits per heavy atom. The molecule has 0 bridgehead atoms. The average molecular weight is 286 g/mol. The van der Waals surface area contributed by atoms with Gasteiger partial charge in [0.15, 0.2) is 0 Å². The third-order valence-electron chi connectivity index (χ3n) is 1.49. The van der Waals surface area contributed by atoms with E-state index in [1.54, 1.807) is 0 Å². The zero-order chi connectivity index (χ0) is 11.6. The molecule has 1 rings (SSSR count). The molecular formula is C7H7BrF3N3O. The van der Waals surface area contributed by atoms with Crippen molar-refractivity contribution in [3.8, 4) is 5.88 Å². The van der Waals surface area contributed by atoms with Gasteiger partial charge < -0.3 is 16.2 Å². The molecule has 0 unspecified atom stereocenters. The minimum Gasteiger partial charge on any atom is -0.387 e. The van der Waals surface area contributed by atoms with Crippen molar-refractivity contribution in [2.75, 3.05) is 5.73 Å². The molecule has 0 aliphatic heterocycles. The molecule has 0 aliphatic rings. The maximum absolute atomic E-state index is 11.9. The summed E-state index contributed by atoms with van der Waals surface area (Å²) >= 11 is 2.88. The second kappa shape index (κ2) is 4.23. The van der Waals surface area contributed by atoms with Crippen LogP contribution in [0.1, 0.15) is 5.56 Å². The molecule has 8 heteroatoms. The number of nitrogens with two attached hydrogens (primary N) is 2. The van der Waals surface area contributed by atoms with E-state index in [0.717, 1.165) is 0 Å². The molecule has 0 aliphatic carbocycles. The Balaban J connectivity index is 3.05. The lowest BCUT2D eigenvalue weighted by molar-refractivity contribution is -0.276. The van der Waals surface area contributed by atoms with Crippen LogP contribution in [0.25, 0.3) is 0 Å². The van der Waals surface area contributed by atoms with E-state index in [-0.39, 0.29) is 16.8 Å². The number of anilines is 1. The van der Waals surface area contributed by atoms with Gasteiger partial charge in [-0.15, -0.1) is 13.2 Å². The predicted octanol–water partition coefficient (Wildman–Crippen LogP) is 1.78. The molecule has 0 fully saturated rings. The Morgan fingerprint density at radius 2 is 2.07 bits per heavy atom. The Kier molecular flexibility index (Phi) is 3.40. The van der Waals surface area contributed by atoms with E-state index >= 15 is 0 Å². The van der Waals surface area contributed by atoms with Crippen LogP contribution in [0.5, 0.6) is 5.88 Å². The summed E-state index contributed by atoms with van der Waals surface area (Å²) in [6, 6.07) is 1.34. The molecule has 0 aromatic carbocycles. The fraction of sp³-hybridized carbons (Fsp3) is 0.286. The van der Waals surface area contributed by atoms with Gasteiger partial charge in [-0.05, 0) is 22.0 Å². The molecule has 1 aromatic heterocycles. The van der Waals surface area contributed by atoms with Crippen molar-refractivity contribution in [2.45, 2.75) is 12.9 Å². The van der Waals surface area contributed by atoms with Gasteiger partial charge in [0.05, 0.1) is 4.47 Å². The largest absolute Gasteiger partial charge is 0.574 e. The maximum Gasteiger partial charge on any atom is 0.574 e. The summed E-state index contributed by atoms with van der Waals surface area (Å²) in [5.41, 5.74) is 11.1. The summed E-state index contributed by atoms with van der Waals surface area (Å²) in [5.74, 6) is -0.711. The van der Waals surface area contributed by atoms with E-state index in [4.69, 9.17) is 11.5 Å². The normalized spacial score (nSPS) is 11.5. The second-order valence-electron chi connectivity index (χ2n) is 2.57. The van der Waals surface area contributed by atoms with Gasteiger partial charge in [0.1, 0.15) is 5.82 Å². The summed E-state index contributed by atoms with van der Waals surface area (Å²) in [7, 11) is 0. The standard InChI is InChI=1S/C7H7BrF3N3O/c8-4-1-3(2-12)5(13)14-6(4)15-7(9,10)11/h1H,2,12H2,(H2,13,14). The first-order valence-corrected chi connectivity index (χ1v) is 4.53. The summed E-state index contributed by atoms with van der Waals surface area (Å²) in [4.78, 5) is 3.44. The van der Waals surface area contributed by atoms with Gasteiger partial charge >= 0.3 is 6.36 Å². The lowest BCUT2D eigenvalue weighted by atomic mass is 10.2. The molecule has 4 nitrogen and oxygen atoms in total. The van der Waals surface area contributed by atoms with E-state index in [1.165, 1.54) is 6.07 Å². The summed E-state index contributed by atoms with van der Waals surface area (Å²) in [6.07, 6.45) is -4.80. The van der Waals surface area contributed by atoms with Gasteiger partial charge in [-0.1, -0.05) is 0 Å². The van der Waals surface area contributed by atoms with Crippen LogP contribution < -0.4 is 16.2 Å². The van der Waals surface area contributed by atoms with Crippen molar-refractivity contribution in [3.63, 3.8) is 0 Å². The molecule has 1 heterocycles. The SMILES string of the molecule is NCc1cc(Br)c(OC(F)(F)F)nc1N. The summed E-state index contributed by atoms with van der Waals surface area (Å²) < 4.78 is 39.3. The fourth-order valence-corrected chi connectivity index (χ4v) is 1.31. The monoisotopic (exact) mass is 285 g/mol. The number of rotatable bonds is 2. The zero-order valence-corrected chi connectivity index (χ0v) is 8.89. The number of pyridine rings is 1. The number of aromatic nitrogens is 1. The highest BCUT2D eigenvalue weighted by Gasteiger charge is 2.33. The highest BCUT2D eigenvalue weighted by Crippen LogP contribution is 2.30. The van der Waals surface area contributed by atoms with E-state index in [2.05, 4.69) is 25.7 Å². The van der Waals surface area contributed by atoms with Crippen LogP contribution in [-0.2, 0) is 6.54 Å². The van der Waals surface area contributed by atoms with Crippen LogP contribution in [0.4, 0.5) is 19.0 Å². The molecular weight excluding hydrogens is 279 g/mol. The summed E-state index contributed by atoms with van der Waals surface area (Å²) in [5, 5.41) is 0. The first-order valence-electron chi connectivity index (χ1n) is 3.74. The molecule has 0 spiro atoms. The van der Waals surface area contributed by atoms with Gasteiger partial charge in [0.25, 0.3) is 0 Å². The predicted molar refractivity (Wildman–Crippen MR) is 50.9 cm³/mol. The van der Waals surface area contributed by atoms with E-state index in [0.29, 0.717) is 5.56 Å². The van der Waals surface area contributed by atoms with Gasteiger partial charge in [0, 0.05) is 12.1 Å². The molecule has 1 aromatic rings. The molecule has 0 saturated carbocycles. The molecule has 15 heavy (non-hydrogen) atoms. The van der Waals surface area contributed by atoms with Crippen LogP contribution in [-0.4, -0.2) is 11.3 Å². The fourth-order valence-electron chi connectivity index (χ4n) is 0.868. The third kappa shape index (κ3) is 3.24. The quantitative estimate of drug-likeness (QED) is 0.869. The number of alkyl halides is 3. The van der Waals surface area contributed by atoms with Gasteiger partial charge in [0.2, 0.25) is 5.88 Å². The number of ether oxygens (including phenoxy) is 1. The molecule has 4 N–H and O–H groups in total. The maximum atomic E-state index is 11.9. The number of nitrogen functional groups attached to an aromatic ring is 1. The van der Waals surface area contributed by atoms with Crippen LogP contribution in [0.2, 0.25) is 0 Å². The van der Waals surface area contributed by atoms with Gasteiger partial charge in [-0.3, -0.25) is 0 Å². The average Bonchev–Trinajstić information content (AvgIpc) is 2.08. The van der Waals surface area contributed by atoms with Gasteiger partial charge in [-0.25, -0.2) is 0 Å². The van der Waals surface area contributed by atoms with Crippen LogP contribution in [0.3, 0.4) is 0 Å². The highest BCUT2D eigenvalue weighted by molar-refractivity contribution is 9.10. The van der Waals surface area contributed by atoms with Crippen molar-refractivity contribution in [1.82, 2.24) is 4.98 Å². The third-order valence-corrected chi connectivity index (χ3v) is 2.06. The first kappa shape index (κ1) is 12.1. The molecule has 84 valence electrons. The smallest absolute Gasteiger partial charge is 0.387 e. The van der Waals surface area contributed by atoms with E-state index in [9.17, 15) is 13.2 Å². The Labute approximate surface area is 91.5 Å². The molecule has 0 radical (unpaired) electrons. The van der Waals surface area contributed by atoms with Crippen molar-refractivity contribution in [1.29, 1.82) is 0 Å². The van der Waals surface area contributed by atoms with Crippen LogP contribution in [0, 0.1) is 0 Å². The number of halogens is 4. The topological polar surface area (TPSA) is 74.2 Å². The van der Waals surface area contributed by atoms with Crippen molar-refractivity contribution in [3.05, 3.63) is 16.1 Å². The molecule has 0 saturated heterocycles. The van der Waals surface area contributed by atoms with Crippen molar-refractivity contribution < 1.29 is 17.9 Å². The number of hydrogen-bond acceptors (Lipinski definition) is 4. The highest BCUT2D eigenvalue weighted by atomic mass is 79.9. The van der Waals surface area contributed by atoms with Gasteiger partial charge in [-0.2, -0.15) is 4.98 Å². The molecule has 0 amide bonds. The van der Waals surface area contributed by atoms with Crippen LogP contribution in [0.15, 0.2) is 10.5 Å². The lowest BCUT2D eigenvalue weighted by Gasteiger charge is -2.11. The van der Waals surface area contributed by atoms with Crippen molar-refractivity contribution >= 4 is 21.7 Å². The Morgan fingerprint density at radius 1 is 1.47 bits per heavy atom. The number of nitrogens with zero attached hydrogens (tertiary/aromatic N) is 1. The zero-order valence-electron chi connectivity index (χ0n) is 7.31. The Hall–Kier alpha value is -1.02. The summed E-state index contributed by atoms with van der Waals surface area (Å²) in [6.45, 7) is 0.0870. The number of hydrogen-bond donors (Lipinski definition) is 2.